The van der Waals surface area contributed by atoms with E-state index in [1.54, 1.807) is 24.1 Å². The molecule has 0 aliphatic carbocycles. The number of hydrogen-bond donors (Lipinski definition) is 1. The average molecular weight is 331 g/mol. The molecule has 106 valence electrons. The molecular formula is C14H20BrFN2O. The van der Waals surface area contributed by atoms with Crippen LogP contribution in [-0.2, 0) is 11.2 Å². The second-order valence-electron chi connectivity index (χ2n) is 4.85. The van der Waals surface area contributed by atoms with Crippen LogP contribution in [0.15, 0.2) is 22.7 Å². The minimum atomic E-state index is -0.269. The van der Waals surface area contributed by atoms with Crippen LogP contribution < -0.4 is 5.73 Å². The summed E-state index contributed by atoms with van der Waals surface area (Å²) in [5.74, 6) is 0.0187. The maximum absolute atomic E-state index is 13.5. The van der Waals surface area contributed by atoms with Gasteiger partial charge in [-0.2, -0.15) is 0 Å². The smallest absolute Gasteiger partial charge is 0.222 e. The molecule has 1 rings (SSSR count). The van der Waals surface area contributed by atoms with Crippen LogP contribution in [0.25, 0.3) is 0 Å². The first-order valence-electron chi connectivity index (χ1n) is 6.32. The minimum Gasteiger partial charge on any atom is -0.345 e. The number of carbonyl (C=O) groups excluding carboxylic acids is 1. The Morgan fingerprint density at radius 3 is 2.84 bits per heavy atom. The Labute approximate surface area is 122 Å². The van der Waals surface area contributed by atoms with Gasteiger partial charge in [0, 0.05) is 24.5 Å². The van der Waals surface area contributed by atoms with E-state index in [9.17, 15) is 9.18 Å². The first-order chi connectivity index (χ1) is 8.93. The van der Waals surface area contributed by atoms with Gasteiger partial charge < -0.3 is 10.6 Å². The third kappa shape index (κ3) is 5.28. The Hall–Kier alpha value is -0.940. The molecule has 0 aliphatic rings. The van der Waals surface area contributed by atoms with E-state index in [4.69, 9.17) is 5.73 Å². The second-order valence-corrected chi connectivity index (χ2v) is 5.77. The van der Waals surface area contributed by atoms with E-state index in [0.29, 0.717) is 31.5 Å². The molecule has 1 atom stereocenters. The number of hydrogen-bond acceptors (Lipinski definition) is 2. The van der Waals surface area contributed by atoms with Crippen LogP contribution in [0.4, 0.5) is 4.39 Å². The van der Waals surface area contributed by atoms with Crippen molar-refractivity contribution < 1.29 is 9.18 Å². The quantitative estimate of drug-likeness (QED) is 0.871. The van der Waals surface area contributed by atoms with E-state index in [1.165, 1.54) is 6.07 Å². The van der Waals surface area contributed by atoms with Crippen LogP contribution in [0, 0.1) is 11.7 Å². The van der Waals surface area contributed by atoms with Crippen molar-refractivity contribution in [3.05, 3.63) is 34.1 Å². The fraction of sp³-hybridized carbons (Fsp3) is 0.500. The van der Waals surface area contributed by atoms with Crippen LogP contribution in [0.5, 0.6) is 0 Å². The molecule has 0 radical (unpaired) electrons. The van der Waals surface area contributed by atoms with E-state index < -0.39 is 0 Å². The lowest BCUT2D eigenvalue weighted by Crippen LogP contribution is -2.33. The number of halogens is 2. The van der Waals surface area contributed by atoms with Gasteiger partial charge in [-0.15, -0.1) is 0 Å². The average Bonchev–Trinajstić information content (AvgIpc) is 2.39. The van der Waals surface area contributed by atoms with Gasteiger partial charge in [0.25, 0.3) is 0 Å². The standard InChI is InChI=1S/C14H20BrFN2O/c1-10(8-17)9-18(2)14(19)6-3-11-7-12(15)4-5-13(11)16/h4-5,7,10H,3,6,8-9,17H2,1-2H3. The lowest BCUT2D eigenvalue weighted by Gasteiger charge is -2.20. The summed E-state index contributed by atoms with van der Waals surface area (Å²) < 4.78 is 14.3. The molecule has 2 N–H and O–H groups in total. The molecule has 1 aromatic carbocycles. The summed E-state index contributed by atoms with van der Waals surface area (Å²) in [5.41, 5.74) is 6.09. The summed E-state index contributed by atoms with van der Waals surface area (Å²) in [7, 11) is 1.76. The third-order valence-electron chi connectivity index (χ3n) is 3.03. The van der Waals surface area contributed by atoms with E-state index in [-0.39, 0.29) is 17.6 Å². The van der Waals surface area contributed by atoms with Crippen LogP contribution in [0.2, 0.25) is 0 Å². The van der Waals surface area contributed by atoms with Crippen molar-refractivity contribution in [2.24, 2.45) is 11.7 Å². The molecule has 1 amide bonds. The number of rotatable bonds is 6. The van der Waals surface area contributed by atoms with Gasteiger partial charge in [-0.05, 0) is 42.6 Å². The Kier molecular flexibility index (Phi) is 6.45. The maximum atomic E-state index is 13.5. The molecule has 19 heavy (non-hydrogen) atoms. The highest BCUT2D eigenvalue weighted by atomic mass is 79.9. The van der Waals surface area contributed by atoms with Gasteiger partial charge in [-0.1, -0.05) is 22.9 Å². The summed E-state index contributed by atoms with van der Waals surface area (Å²) in [6, 6.07) is 4.77. The van der Waals surface area contributed by atoms with Gasteiger partial charge in [0.2, 0.25) is 5.91 Å². The van der Waals surface area contributed by atoms with Gasteiger partial charge in [0.1, 0.15) is 5.82 Å². The third-order valence-corrected chi connectivity index (χ3v) is 3.52. The summed E-state index contributed by atoms with van der Waals surface area (Å²) in [5, 5.41) is 0. The topological polar surface area (TPSA) is 46.3 Å². The molecular weight excluding hydrogens is 311 g/mol. The highest BCUT2D eigenvalue weighted by Crippen LogP contribution is 2.17. The number of benzene rings is 1. The highest BCUT2D eigenvalue weighted by Gasteiger charge is 2.13. The molecule has 0 spiro atoms. The Morgan fingerprint density at radius 1 is 1.53 bits per heavy atom. The molecule has 0 aliphatic heterocycles. The first kappa shape index (κ1) is 16.1. The Bertz CT molecular complexity index is 439. The lowest BCUT2D eigenvalue weighted by atomic mass is 10.1. The van der Waals surface area contributed by atoms with Crippen molar-refractivity contribution in [3.63, 3.8) is 0 Å². The molecule has 1 unspecified atom stereocenters. The van der Waals surface area contributed by atoms with Crippen molar-refractivity contribution in [2.45, 2.75) is 19.8 Å². The number of aryl methyl sites for hydroxylation is 1. The molecule has 0 saturated carbocycles. The van der Waals surface area contributed by atoms with Crippen LogP contribution >= 0.6 is 15.9 Å². The number of amides is 1. The largest absolute Gasteiger partial charge is 0.345 e. The van der Waals surface area contributed by atoms with Crippen LogP contribution in [0.1, 0.15) is 18.9 Å². The molecule has 1 aromatic rings. The lowest BCUT2D eigenvalue weighted by molar-refractivity contribution is -0.130. The van der Waals surface area contributed by atoms with E-state index >= 15 is 0 Å². The normalized spacial score (nSPS) is 12.3. The Morgan fingerprint density at radius 2 is 2.21 bits per heavy atom. The zero-order valence-electron chi connectivity index (χ0n) is 11.3. The monoisotopic (exact) mass is 330 g/mol. The van der Waals surface area contributed by atoms with Gasteiger partial charge in [-0.25, -0.2) is 4.39 Å². The summed E-state index contributed by atoms with van der Waals surface area (Å²) in [4.78, 5) is 13.6. The summed E-state index contributed by atoms with van der Waals surface area (Å²) in [6.45, 7) is 3.19. The molecule has 5 heteroatoms. The van der Waals surface area contributed by atoms with Crippen LogP contribution in [-0.4, -0.2) is 30.9 Å². The van der Waals surface area contributed by atoms with Gasteiger partial charge in [-0.3, -0.25) is 4.79 Å². The SMILES string of the molecule is CC(CN)CN(C)C(=O)CCc1cc(Br)ccc1F. The second kappa shape index (κ2) is 7.60. The number of nitrogens with two attached hydrogens (primary N) is 1. The van der Waals surface area contributed by atoms with Crippen molar-refractivity contribution in [2.75, 3.05) is 20.1 Å². The number of nitrogens with zero attached hydrogens (tertiary/aromatic N) is 1. The van der Waals surface area contributed by atoms with Crippen molar-refractivity contribution in [3.8, 4) is 0 Å². The molecule has 0 aromatic heterocycles. The van der Waals surface area contributed by atoms with Crippen molar-refractivity contribution in [1.29, 1.82) is 0 Å². The predicted molar refractivity (Wildman–Crippen MR) is 78.3 cm³/mol. The Balaban J connectivity index is 2.52. The molecule has 0 bridgehead atoms. The number of carbonyl (C=O) groups is 1. The molecule has 0 fully saturated rings. The molecule has 3 nitrogen and oxygen atoms in total. The molecule has 0 saturated heterocycles. The summed E-state index contributed by atoms with van der Waals surface area (Å²) >= 11 is 3.30. The summed E-state index contributed by atoms with van der Waals surface area (Å²) in [6.07, 6.45) is 0.715. The fourth-order valence-electron chi connectivity index (χ4n) is 1.81. The van der Waals surface area contributed by atoms with Crippen molar-refractivity contribution in [1.82, 2.24) is 4.90 Å². The fourth-order valence-corrected chi connectivity index (χ4v) is 2.22. The van der Waals surface area contributed by atoms with E-state index in [2.05, 4.69) is 15.9 Å². The zero-order chi connectivity index (χ0) is 14.4. The highest BCUT2D eigenvalue weighted by molar-refractivity contribution is 9.10. The van der Waals surface area contributed by atoms with Gasteiger partial charge in [0.05, 0.1) is 0 Å². The van der Waals surface area contributed by atoms with Crippen LogP contribution in [0.3, 0.4) is 0 Å². The minimum absolute atomic E-state index is 0.0136. The predicted octanol–water partition coefficient (Wildman–Crippen LogP) is 2.57. The van der Waals surface area contributed by atoms with E-state index in [1.807, 2.05) is 6.92 Å². The van der Waals surface area contributed by atoms with Gasteiger partial charge >= 0.3 is 0 Å². The van der Waals surface area contributed by atoms with E-state index in [0.717, 1.165) is 4.47 Å². The maximum Gasteiger partial charge on any atom is 0.222 e. The van der Waals surface area contributed by atoms with Gasteiger partial charge in [0.15, 0.2) is 0 Å². The molecule has 0 heterocycles. The first-order valence-corrected chi connectivity index (χ1v) is 7.11. The van der Waals surface area contributed by atoms with Crippen molar-refractivity contribution >= 4 is 21.8 Å². The zero-order valence-corrected chi connectivity index (χ0v) is 12.9.